The van der Waals surface area contributed by atoms with Gasteiger partial charge in [0.1, 0.15) is 5.82 Å². The number of aliphatic hydroxyl groups is 1. The zero-order chi connectivity index (χ0) is 12.2. The number of nitrogens with two attached hydrogens (primary N) is 1. The number of halogens is 1. The molecule has 0 spiro atoms. The molecule has 2 unspecified atom stereocenters. The Hall–Kier alpha value is -0.930. The van der Waals surface area contributed by atoms with E-state index in [1.54, 1.807) is 12.1 Å². The van der Waals surface area contributed by atoms with E-state index in [4.69, 9.17) is 5.73 Å². The summed E-state index contributed by atoms with van der Waals surface area (Å²) in [7, 11) is 0. The second-order valence-corrected chi connectivity index (χ2v) is 4.13. The molecular formula is C13H20FNO. The van der Waals surface area contributed by atoms with Crippen molar-refractivity contribution in [2.24, 2.45) is 11.7 Å². The van der Waals surface area contributed by atoms with E-state index in [0.717, 1.165) is 6.42 Å². The molecule has 0 fully saturated rings. The van der Waals surface area contributed by atoms with Crippen LogP contribution in [-0.2, 0) is 5.60 Å². The molecule has 0 aliphatic heterocycles. The highest BCUT2D eigenvalue weighted by atomic mass is 19.1. The van der Waals surface area contributed by atoms with Crippen LogP contribution in [0.2, 0.25) is 0 Å². The number of rotatable bonds is 5. The maximum absolute atomic E-state index is 13.2. The largest absolute Gasteiger partial charge is 0.385 e. The van der Waals surface area contributed by atoms with Crippen LogP contribution >= 0.6 is 0 Å². The third-order valence-electron chi connectivity index (χ3n) is 3.32. The summed E-state index contributed by atoms with van der Waals surface area (Å²) >= 11 is 0. The zero-order valence-corrected chi connectivity index (χ0v) is 9.91. The van der Waals surface area contributed by atoms with Crippen LogP contribution < -0.4 is 5.73 Å². The summed E-state index contributed by atoms with van der Waals surface area (Å²) in [6, 6.07) is 6.14. The third kappa shape index (κ3) is 2.42. The smallest absolute Gasteiger partial charge is 0.123 e. The van der Waals surface area contributed by atoms with Crippen molar-refractivity contribution in [2.45, 2.75) is 32.3 Å². The van der Waals surface area contributed by atoms with Gasteiger partial charge in [0.2, 0.25) is 0 Å². The summed E-state index contributed by atoms with van der Waals surface area (Å²) in [6.45, 7) is 4.28. The molecule has 0 saturated heterocycles. The molecule has 1 aromatic rings. The van der Waals surface area contributed by atoms with Gasteiger partial charge < -0.3 is 10.8 Å². The average molecular weight is 225 g/mol. The molecule has 0 amide bonds. The van der Waals surface area contributed by atoms with Crippen molar-refractivity contribution in [1.29, 1.82) is 0 Å². The molecule has 0 heterocycles. The Morgan fingerprint density at radius 3 is 2.56 bits per heavy atom. The van der Waals surface area contributed by atoms with E-state index in [1.807, 2.05) is 13.8 Å². The highest BCUT2D eigenvalue weighted by Crippen LogP contribution is 2.34. The summed E-state index contributed by atoms with van der Waals surface area (Å²) in [5.41, 5.74) is 5.26. The fraction of sp³-hybridized carbons (Fsp3) is 0.538. The second-order valence-electron chi connectivity index (χ2n) is 4.13. The first kappa shape index (κ1) is 13.1. The van der Waals surface area contributed by atoms with Gasteiger partial charge in [-0.2, -0.15) is 0 Å². The van der Waals surface area contributed by atoms with Crippen LogP contribution in [0.3, 0.4) is 0 Å². The van der Waals surface area contributed by atoms with Crippen LogP contribution in [0.15, 0.2) is 24.3 Å². The molecule has 0 saturated carbocycles. The fourth-order valence-corrected chi connectivity index (χ4v) is 2.19. The minimum absolute atomic E-state index is 0.0423. The lowest BCUT2D eigenvalue weighted by atomic mass is 9.78. The van der Waals surface area contributed by atoms with Crippen molar-refractivity contribution in [3.05, 3.63) is 35.6 Å². The number of hydrogen-bond donors (Lipinski definition) is 2. The van der Waals surface area contributed by atoms with Crippen LogP contribution in [0.1, 0.15) is 32.3 Å². The maximum atomic E-state index is 13.2. The maximum Gasteiger partial charge on any atom is 0.123 e. The fourth-order valence-electron chi connectivity index (χ4n) is 2.19. The molecule has 2 nitrogen and oxygen atoms in total. The predicted molar refractivity (Wildman–Crippen MR) is 63.4 cm³/mol. The van der Waals surface area contributed by atoms with Gasteiger partial charge in [-0.05, 0) is 37.1 Å². The Morgan fingerprint density at radius 2 is 2.12 bits per heavy atom. The molecule has 3 heteroatoms. The monoisotopic (exact) mass is 225 g/mol. The van der Waals surface area contributed by atoms with E-state index in [0.29, 0.717) is 18.5 Å². The van der Waals surface area contributed by atoms with Crippen LogP contribution in [0.25, 0.3) is 0 Å². The summed E-state index contributed by atoms with van der Waals surface area (Å²) in [5, 5.41) is 10.6. The normalized spacial score (nSPS) is 16.8. The van der Waals surface area contributed by atoms with E-state index in [1.165, 1.54) is 12.1 Å². The lowest BCUT2D eigenvalue weighted by Gasteiger charge is -2.35. The van der Waals surface area contributed by atoms with Gasteiger partial charge >= 0.3 is 0 Å². The van der Waals surface area contributed by atoms with Crippen molar-refractivity contribution in [3.63, 3.8) is 0 Å². The Morgan fingerprint density at radius 1 is 1.44 bits per heavy atom. The quantitative estimate of drug-likeness (QED) is 0.808. The zero-order valence-electron chi connectivity index (χ0n) is 9.91. The minimum atomic E-state index is -1.02. The van der Waals surface area contributed by atoms with Crippen LogP contribution in [0.4, 0.5) is 4.39 Å². The number of benzene rings is 1. The van der Waals surface area contributed by atoms with Gasteiger partial charge in [0.25, 0.3) is 0 Å². The average Bonchev–Trinajstić information content (AvgIpc) is 2.30. The molecule has 0 bridgehead atoms. The van der Waals surface area contributed by atoms with E-state index < -0.39 is 5.60 Å². The van der Waals surface area contributed by atoms with E-state index in [2.05, 4.69) is 0 Å². The molecule has 1 aromatic carbocycles. The summed E-state index contributed by atoms with van der Waals surface area (Å²) < 4.78 is 13.2. The second kappa shape index (κ2) is 5.41. The lowest BCUT2D eigenvalue weighted by Crippen LogP contribution is -2.38. The van der Waals surface area contributed by atoms with Gasteiger partial charge in [0.05, 0.1) is 5.60 Å². The molecule has 3 N–H and O–H groups in total. The van der Waals surface area contributed by atoms with Crippen molar-refractivity contribution in [3.8, 4) is 0 Å². The van der Waals surface area contributed by atoms with E-state index in [9.17, 15) is 9.50 Å². The van der Waals surface area contributed by atoms with Gasteiger partial charge in [-0.3, -0.25) is 0 Å². The molecule has 90 valence electrons. The molecule has 0 radical (unpaired) electrons. The lowest BCUT2D eigenvalue weighted by molar-refractivity contribution is -0.0264. The minimum Gasteiger partial charge on any atom is -0.385 e. The van der Waals surface area contributed by atoms with E-state index in [-0.39, 0.29) is 11.7 Å². The molecule has 2 atom stereocenters. The van der Waals surface area contributed by atoms with Crippen molar-refractivity contribution >= 4 is 0 Å². The SMILES string of the molecule is CCC(CN)C(O)(CC)c1cccc(F)c1. The van der Waals surface area contributed by atoms with Gasteiger partial charge in [0.15, 0.2) is 0 Å². The molecule has 0 aliphatic rings. The Labute approximate surface area is 96.3 Å². The summed E-state index contributed by atoms with van der Waals surface area (Å²) in [4.78, 5) is 0. The van der Waals surface area contributed by atoms with Crippen LogP contribution in [0, 0.1) is 11.7 Å². The third-order valence-corrected chi connectivity index (χ3v) is 3.32. The molecule has 0 aromatic heterocycles. The molecule has 0 aliphatic carbocycles. The van der Waals surface area contributed by atoms with Crippen molar-refractivity contribution in [1.82, 2.24) is 0 Å². The predicted octanol–water partition coefficient (Wildman–Crippen LogP) is 2.41. The Bertz CT molecular complexity index is 338. The summed E-state index contributed by atoms with van der Waals surface area (Å²) in [5.74, 6) is -0.365. The van der Waals surface area contributed by atoms with E-state index >= 15 is 0 Å². The first-order valence-corrected chi connectivity index (χ1v) is 5.77. The standard InChI is InChI=1S/C13H20FNO/c1-3-10(9-15)13(16,4-2)11-6-5-7-12(14)8-11/h5-8,10,16H,3-4,9,15H2,1-2H3. The molecule has 16 heavy (non-hydrogen) atoms. The van der Waals surface area contributed by atoms with Gasteiger partial charge in [-0.25, -0.2) is 4.39 Å². The topological polar surface area (TPSA) is 46.2 Å². The Kier molecular flexibility index (Phi) is 4.44. The highest BCUT2D eigenvalue weighted by Gasteiger charge is 2.34. The van der Waals surface area contributed by atoms with Crippen LogP contribution in [0.5, 0.6) is 0 Å². The van der Waals surface area contributed by atoms with Crippen LogP contribution in [-0.4, -0.2) is 11.7 Å². The number of hydrogen-bond acceptors (Lipinski definition) is 2. The van der Waals surface area contributed by atoms with Crippen molar-refractivity contribution in [2.75, 3.05) is 6.54 Å². The first-order chi connectivity index (χ1) is 7.58. The summed E-state index contributed by atoms with van der Waals surface area (Å²) in [6.07, 6.45) is 1.31. The van der Waals surface area contributed by atoms with Gasteiger partial charge in [-0.1, -0.05) is 26.0 Å². The Balaban J connectivity index is 3.13. The van der Waals surface area contributed by atoms with Crippen molar-refractivity contribution < 1.29 is 9.50 Å². The van der Waals surface area contributed by atoms with Gasteiger partial charge in [0, 0.05) is 5.92 Å². The highest BCUT2D eigenvalue weighted by molar-refractivity contribution is 5.24. The molecular weight excluding hydrogens is 205 g/mol. The molecule has 1 rings (SSSR count). The first-order valence-electron chi connectivity index (χ1n) is 5.77. The van der Waals surface area contributed by atoms with Gasteiger partial charge in [-0.15, -0.1) is 0 Å².